The third-order valence-corrected chi connectivity index (χ3v) is 8.74. The lowest BCUT2D eigenvalue weighted by molar-refractivity contribution is -0.127. The number of aromatic nitrogens is 1. The summed E-state index contributed by atoms with van der Waals surface area (Å²) < 4.78 is 20.0. The van der Waals surface area contributed by atoms with Crippen LogP contribution in [-0.2, 0) is 9.59 Å². The molecule has 3 N–H and O–H groups in total. The zero-order chi connectivity index (χ0) is 28.1. The van der Waals surface area contributed by atoms with E-state index in [2.05, 4.69) is 21.7 Å². The molecule has 1 aromatic carbocycles. The van der Waals surface area contributed by atoms with Gasteiger partial charge in [-0.2, -0.15) is 5.26 Å². The number of ether oxygens (including phenoxy) is 1. The normalized spacial score (nSPS) is 26.6. The molecule has 9 nitrogen and oxygen atoms in total. The number of aromatic amines is 1. The minimum absolute atomic E-state index is 0.0409. The van der Waals surface area contributed by atoms with Gasteiger partial charge in [-0.3, -0.25) is 14.4 Å². The van der Waals surface area contributed by atoms with Crippen LogP contribution in [0.4, 0.5) is 4.39 Å². The molecule has 39 heavy (non-hydrogen) atoms. The molecule has 1 saturated carbocycles. The minimum atomic E-state index is -0.865. The van der Waals surface area contributed by atoms with Crippen molar-refractivity contribution in [1.29, 1.82) is 5.26 Å². The molecule has 0 spiro atoms. The Balaban J connectivity index is 1.40. The van der Waals surface area contributed by atoms with Crippen molar-refractivity contribution in [3.05, 3.63) is 28.7 Å². The van der Waals surface area contributed by atoms with Gasteiger partial charge in [-0.1, -0.05) is 24.4 Å². The average Bonchev–Trinajstić information content (AvgIpc) is 3.56. The van der Waals surface area contributed by atoms with Crippen LogP contribution < -0.4 is 15.4 Å². The van der Waals surface area contributed by atoms with Crippen LogP contribution in [0.5, 0.6) is 5.75 Å². The van der Waals surface area contributed by atoms with Crippen LogP contribution in [0.25, 0.3) is 10.9 Å². The number of hydrogen-bond acceptors (Lipinski definition) is 5. The first-order chi connectivity index (χ1) is 18.5. The van der Waals surface area contributed by atoms with Gasteiger partial charge in [-0.25, -0.2) is 4.39 Å². The zero-order valence-electron chi connectivity index (χ0n) is 22.3. The highest BCUT2D eigenvalue weighted by Crippen LogP contribution is 2.42. The van der Waals surface area contributed by atoms with Crippen molar-refractivity contribution in [2.45, 2.75) is 70.0 Å². The van der Waals surface area contributed by atoms with Crippen LogP contribution >= 0.6 is 11.6 Å². The summed E-state index contributed by atoms with van der Waals surface area (Å²) in [5.74, 6) is -1.57. The highest BCUT2D eigenvalue weighted by atomic mass is 35.5. The van der Waals surface area contributed by atoms with Crippen LogP contribution in [0, 0.1) is 34.9 Å². The van der Waals surface area contributed by atoms with E-state index in [1.165, 1.54) is 13.2 Å². The lowest BCUT2D eigenvalue weighted by atomic mass is 9.78. The van der Waals surface area contributed by atoms with Gasteiger partial charge in [0.2, 0.25) is 11.8 Å². The third-order valence-electron chi connectivity index (χ3n) is 8.46. The molecule has 0 radical (unpaired) electrons. The highest BCUT2D eigenvalue weighted by Gasteiger charge is 2.49. The largest absolute Gasteiger partial charge is 0.494 e. The standard InChI is InChI=1S/C28H33ClFN5O4/c1-28(2)11-15(25(36)34-28)8-16(12-31)32-26(37)23-17-7-5-4-6-14(17)13-35(23)27(38)21-9-18-22(33-21)20(30)10-19(29)24(18)39-3/h9-10,14-17,23,33H,4-8,11,13H2,1-3H3,(H,32,37)(H,34,36). The van der Waals surface area contributed by atoms with Crippen molar-refractivity contribution in [2.24, 2.45) is 17.8 Å². The van der Waals surface area contributed by atoms with Gasteiger partial charge in [-0.05, 0) is 63.5 Å². The maximum absolute atomic E-state index is 14.7. The molecule has 208 valence electrons. The molecular weight excluding hydrogens is 525 g/mol. The van der Waals surface area contributed by atoms with E-state index in [0.717, 1.165) is 31.7 Å². The lowest BCUT2D eigenvalue weighted by Crippen LogP contribution is -2.51. The number of fused-ring (bicyclic) bond motifs is 2. The quantitative estimate of drug-likeness (QED) is 0.496. The third kappa shape index (κ3) is 5.05. The molecule has 2 aliphatic heterocycles. The van der Waals surface area contributed by atoms with Gasteiger partial charge in [-0.15, -0.1) is 0 Å². The molecule has 3 heterocycles. The number of amides is 3. The summed E-state index contributed by atoms with van der Waals surface area (Å²) in [6, 6.07) is 3.12. The summed E-state index contributed by atoms with van der Waals surface area (Å²) in [4.78, 5) is 44.3. The summed E-state index contributed by atoms with van der Waals surface area (Å²) in [5.41, 5.74) is -0.135. The number of likely N-dealkylation sites (tertiary alicyclic amines) is 1. The summed E-state index contributed by atoms with van der Waals surface area (Å²) in [6.45, 7) is 4.25. The number of hydrogen-bond donors (Lipinski definition) is 3. The van der Waals surface area contributed by atoms with Gasteiger partial charge in [0.15, 0.2) is 0 Å². The molecule has 1 aromatic heterocycles. The van der Waals surface area contributed by atoms with Gasteiger partial charge >= 0.3 is 0 Å². The molecule has 11 heteroatoms. The fourth-order valence-corrected chi connectivity index (χ4v) is 7.04. The molecule has 1 aliphatic carbocycles. The van der Waals surface area contributed by atoms with Crippen molar-refractivity contribution in [3.8, 4) is 11.8 Å². The first kappa shape index (κ1) is 27.3. The summed E-state index contributed by atoms with van der Waals surface area (Å²) >= 11 is 6.14. The number of nitrogens with one attached hydrogen (secondary N) is 3. The van der Waals surface area contributed by atoms with E-state index in [1.54, 1.807) is 4.90 Å². The Morgan fingerprint density at radius 1 is 1.33 bits per heavy atom. The molecule has 3 aliphatic rings. The number of carbonyl (C=O) groups excluding carboxylic acids is 3. The van der Waals surface area contributed by atoms with E-state index in [-0.39, 0.29) is 57.6 Å². The van der Waals surface area contributed by atoms with Gasteiger partial charge < -0.3 is 25.3 Å². The van der Waals surface area contributed by atoms with E-state index in [0.29, 0.717) is 18.4 Å². The Labute approximate surface area is 231 Å². The zero-order valence-corrected chi connectivity index (χ0v) is 23.0. The topological polar surface area (TPSA) is 127 Å². The Morgan fingerprint density at radius 2 is 2.08 bits per heavy atom. The molecule has 0 bridgehead atoms. The second-order valence-corrected chi connectivity index (χ2v) is 12.1. The van der Waals surface area contributed by atoms with E-state index in [9.17, 15) is 24.0 Å². The van der Waals surface area contributed by atoms with E-state index >= 15 is 0 Å². The van der Waals surface area contributed by atoms with Gasteiger partial charge in [0.1, 0.15) is 29.3 Å². The van der Waals surface area contributed by atoms with E-state index < -0.39 is 29.7 Å². The van der Waals surface area contributed by atoms with Crippen LogP contribution in [0.2, 0.25) is 5.02 Å². The van der Waals surface area contributed by atoms with Crippen molar-refractivity contribution < 1.29 is 23.5 Å². The molecule has 5 atom stereocenters. The monoisotopic (exact) mass is 557 g/mol. The Hall–Kier alpha value is -3.32. The molecule has 2 aromatic rings. The number of rotatable bonds is 6. The lowest BCUT2D eigenvalue weighted by Gasteiger charge is -2.30. The predicted octanol–water partition coefficient (Wildman–Crippen LogP) is 3.91. The van der Waals surface area contributed by atoms with Crippen LogP contribution in [0.3, 0.4) is 0 Å². The summed E-state index contributed by atoms with van der Waals surface area (Å²) in [6.07, 6.45) is 4.46. The number of carbonyl (C=O) groups is 3. The molecule has 5 rings (SSSR count). The number of nitrogens with zero attached hydrogens (tertiary/aromatic N) is 2. The van der Waals surface area contributed by atoms with Crippen molar-refractivity contribution in [1.82, 2.24) is 20.5 Å². The van der Waals surface area contributed by atoms with Crippen molar-refractivity contribution in [2.75, 3.05) is 13.7 Å². The van der Waals surface area contributed by atoms with Gasteiger partial charge in [0, 0.05) is 23.4 Å². The second kappa shape index (κ2) is 10.3. The first-order valence-electron chi connectivity index (χ1n) is 13.4. The molecule has 2 saturated heterocycles. The Kier molecular flexibility index (Phi) is 7.23. The average molecular weight is 558 g/mol. The number of halogens is 2. The Bertz CT molecular complexity index is 1370. The van der Waals surface area contributed by atoms with Crippen LogP contribution in [0.15, 0.2) is 12.1 Å². The van der Waals surface area contributed by atoms with Gasteiger partial charge in [0.05, 0.1) is 23.7 Å². The summed E-state index contributed by atoms with van der Waals surface area (Å²) in [5, 5.41) is 16.0. The first-order valence-corrected chi connectivity index (χ1v) is 13.8. The SMILES string of the molecule is COc1c(Cl)cc(F)c2[nH]c(C(=O)N3CC4CCCCC4C3C(=O)NC(C#N)CC3CC(C)(C)NC3=O)cc12. The second-order valence-electron chi connectivity index (χ2n) is 11.7. The molecule has 3 fully saturated rings. The van der Waals surface area contributed by atoms with Crippen molar-refractivity contribution >= 4 is 40.2 Å². The number of H-pyrrole nitrogens is 1. The smallest absolute Gasteiger partial charge is 0.271 e. The fourth-order valence-electron chi connectivity index (χ4n) is 6.77. The van der Waals surface area contributed by atoms with Gasteiger partial charge in [0.25, 0.3) is 5.91 Å². The maximum atomic E-state index is 14.7. The molecular formula is C28H33ClFN5O4. The number of benzene rings is 1. The van der Waals surface area contributed by atoms with E-state index in [4.69, 9.17) is 16.3 Å². The summed E-state index contributed by atoms with van der Waals surface area (Å²) in [7, 11) is 1.42. The van der Waals surface area contributed by atoms with Crippen LogP contribution in [0.1, 0.15) is 62.9 Å². The number of nitriles is 1. The van der Waals surface area contributed by atoms with Crippen molar-refractivity contribution in [3.63, 3.8) is 0 Å². The highest BCUT2D eigenvalue weighted by molar-refractivity contribution is 6.33. The maximum Gasteiger partial charge on any atom is 0.271 e. The fraction of sp³-hybridized carbons (Fsp3) is 0.571. The molecule has 3 amide bonds. The predicted molar refractivity (Wildman–Crippen MR) is 143 cm³/mol. The Morgan fingerprint density at radius 3 is 2.74 bits per heavy atom. The van der Waals surface area contributed by atoms with Crippen LogP contribution in [-0.4, -0.2) is 58.9 Å². The number of methoxy groups -OCH3 is 1. The molecule has 5 unspecified atom stereocenters. The minimum Gasteiger partial charge on any atom is -0.494 e. The van der Waals surface area contributed by atoms with E-state index in [1.807, 2.05) is 13.8 Å².